The van der Waals surface area contributed by atoms with Gasteiger partial charge < -0.3 is 9.80 Å². The predicted octanol–water partition coefficient (Wildman–Crippen LogP) is 3.31. The summed E-state index contributed by atoms with van der Waals surface area (Å²) in [6, 6.07) is 13.8. The van der Waals surface area contributed by atoms with Gasteiger partial charge >= 0.3 is 0 Å². The van der Waals surface area contributed by atoms with E-state index in [4.69, 9.17) is 0 Å². The van der Waals surface area contributed by atoms with Crippen molar-refractivity contribution in [2.45, 2.75) is 18.4 Å². The third-order valence-electron chi connectivity index (χ3n) is 4.10. The molecule has 0 aromatic heterocycles. The van der Waals surface area contributed by atoms with Gasteiger partial charge in [0.2, 0.25) is 11.8 Å². The van der Waals surface area contributed by atoms with Crippen LogP contribution in [0.1, 0.15) is 12.5 Å². The summed E-state index contributed by atoms with van der Waals surface area (Å²) in [7, 11) is 0. The molecular weight excluding hydrogens is 339 g/mol. The lowest BCUT2D eigenvalue weighted by atomic mass is 10.2. The van der Waals surface area contributed by atoms with Crippen molar-refractivity contribution in [2.24, 2.45) is 0 Å². The number of thioether (sulfide) groups is 1. The van der Waals surface area contributed by atoms with E-state index in [9.17, 15) is 14.0 Å². The fraction of sp³-hybridized carbons (Fsp3) is 0.263. The highest BCUT2D eigenvalue weighted by molar-refractivity contribution is 8.00. The van der Waals surface area contributed by atoms with Crippen molar-refractivity contribution in [2.75, 3.05) is 23.7 Å². The monoisotopic (exact) mass is 358 g/mol. The summed E-state index contributed by atoms with van der Waals surface area (Å²) < 4.78 is 13.4. The zero-order valence-electron chi connectivity index (χ0n) is 13.9. The van der Waals surface area contributed by atoms with E-state index in [1.165, 1.54) is 23.9 Å². The molecule has 25 heavy (non-hydrogen) atoms. The number of amides is 2. The molecule has 0 saturated carbocycles. The fourth-order valence-corrected chi connectivity index (χ4v) is 3.73. The number of nitrogens with zero attached hydrogens (tertiary/aromatic N) is 2. The van der Waals surface area contributed by atoms with Crippen molar-refractivity contribution < 1.29 is 14.0 Å². The molecule has 1 heterocycles. The SMILES string of the molecule is CCN(Cc1cccc(F)c1)C(=O)CN1C(=O)CSc2ccccc21. The zero-order valence-corrected chi connectivity index (χ0v) is 14.8. The Morgan fingerprint density at radius 3 is 2.80 bits per heavy atom. The maximum absolute atomic E-state index is 13.4. The van der Waals surface area contributed by atoms with Crippen molar-refractivity contribution in [3.8, 4) is 0 Å². The Balaban J connectivity index is 1.75. The number of rotatable bonds is 5. The largest absolute Gasteiger partial charge is 0.337 e. The van der Waals surface area contributed by atoms with Crippen LogP contribution in [0.25, 0.3) is 0 Å². The minimum atomic E-state index is -0.321. The Bertz CT molecular complexity index is 796. The van der Waals surface area contributed by atoms with Crippen molar-refractivity contribution in [1.82, 2.24) is 4.90 Å². The first kappa shape index (κ1) is 17.5. The smallest absolute Gasteiger partial charge is 0.242 e. The Morgan fingerprint density at radius 1 is 1.24 bits per heavy atom. The third-order valence-corrected chi connectivity index (χ3v) is 5.15. The van der Waals surface area contributed by atoms with Gasteiger partial charge in [-0.15, -0.1) is 11.8 Å². The molecule has 0 aliphatic carbocycles. The molecule has 130 valence electrons. The maximum atomic E-state index is 13.4. The topological polar surface area (TPSA) is 40.6 Å². The fourth-order valence-electron chi connectivity index (χ4n) is 2.79. The van der Waals surface area contributed by atoms with E-state index in [0.29, 0.717) is 18.8 Å². The van der Waals surface area contributed by atoms with Gasteiger partial charge in [-0.25, -0.2) is 4.39 Å². The number of benzene rings is 2. The third kappa shape index (κ3) is 4.02. The van der Waals surface area contributed by atoms with Gasteiger partial charge in [-0.1, -0.05) is 24.3 Å². The number of halogens is 1. The number of likely N-dealkylation sites (N-methyl/N-ethyl adjacent to an activating group) is 1. The molecule has 2 aromatic rings. The summed E-state index contributed by atoms with van der Waals surface area (Å²) in [5, 5.41) is 0. The van der Waals surface area contributed by atoms with Crippen molar-refractivity contribution in [3.05, 3.63) is 59.9 Å². The lowest BCUT2D eigenvalue weighted by molar-refractivity contribution is -0.131. The molecule has 6 heteroatoms. The Morgan fingerprint density at radius 2 is 2.04 bits per heavy atom. The number of para-hydroxylation sites is 1. The number of hydrogen-bond acceptors (Lipinski definition) is 3. The Kier molecular flexibility index (Phi) is 5.38. The molecule has 0 unspecified atom stereocenters. The second kappa shape index (κ2) is 7.70. The van der Waals surface area contributed by atoms with Crippen molar-refractivity contribution in [1.29, 1.82) is 0 Å². The lowest BCUT2D eigenvalue weighted by Crippen LogP contribution is -2.44. The predicted molar refractivity (Wildman–Crippen MR) is 97.0 cm³/mol. The minimum absolute atomic E-state index is 0.000434. The molecule has 3 rings (SSSR count). The van der Waals surface area contributed by atoms with E-state index >= 15 is 0 Å². The van der Waals surface area contributed by atoms with E-state index in [-0.39, 0.29) is 24.2 Å². The van der Waals surface area contributed by atoms with Crippen LogP contribution in [0.2, 0.25) is 0 Å². The van der Waals surface area contributed by atoms with E-state index in [0.717, 1.165) is 16.1 Å². The Labute approximate surface area is 150 Å². The van der Waals surface area contributed by atoms with Crippen LogP contribution in [-0.4, -0.2) is 35.6 Å². The summed E-state index contributed by atoms with van der Waals surface area (Å²) >= 11 is 1.49. The lowest BCUT2D eigenvalue weighted by Gasteiger charge is -2.30. The van der Waals surface area contributed by atoms with Crippen LogP contribution in [0.15, 0.2) is 53.4 Å². The van der Waals surface area contributed by atoms with Crippen LogP contribution >= 0.6 is 11.8 Å². The van der Waals surface area contributed by atoms with Crippen molar-refractivity contribution in [3.63, 3.8) is 0 Å². The summed E-state index contributed by atoms with van der Waals surface area (Å²) in [5.41, 5.74) is 1.51. The molecule has 1 aliphatic heterocycles. The molecule has 0 saturated heterocycles. The molecule has 0 N–H and O–H groups in total. The molecule has 0 atom stereocenters. The second-order valence-corrected chi connectivity index (χ2v) is 6.79. The molecular formula is C19H19FN2O2S. The van der Waals surface area contributed by atoms with E-state index in [1.54, 1.807) is 21.9 Å². The number of hydrogen-bond donors (Lipinski definition) is 0. The number of carbonyl (C=O) groups is 2. The van der Waals surface area contributed by atoms with E-state index in [2.05, 4.69) is 0 Å². The summed E-state index contributed by atoms with van der Waals surface area (Å²) in [4.78, 5) is 29.2. The average molecular weight is 358 g/mol. The first-order chi connectivity index (χ1) is 12.1. The van der Waals surface area contributed by atoms with Crippen molar-refractivity contribution >= 4 is 29.3 Å². The average Bonchev–Trinajstić information content (AvgIpc) is 2.62. The minimum Gasteiger partial charge on any atom is -0.337 e. The number of fused-ring (bicyclic) bond motifs is 1. The standard InChI is InChI=1S/C19H19FN2O2S/c1-2-21(11-14-6-5-7-15(20)10-14)18(23)12-22-16-8-3-4-9-17(16)25-13-19(22)24/h3-10H,2,11-13H2,1H3. The van der Waals surface area contributed by atoms with Gasteiger partial charge in [0.25, 0.3) is 0 Å². The number of anilines is 1. The van der Waals surface area contributed by atoms with Crippen LogP contribution < -0.4 is 4.90 Å². The molecule has 0 bridgehead atoms. The van der Waals surface area contributed by atoms with Gasteiger partial charge in [-0.2, -0.15) is 0 Å². The Hall–Kier alpha value is -2.34. The van der Waals surface area contributed by atoms with Crippen LogP contribution in [0.5, 0.6) is 0 Å². The number of carbonyl (C=O) groups excluding carboxylic acids is 2. The molecule has 0 spiro atoms. The van der Waals surface area contributed by atoms with E-state index < -0.39 is 0 Å². The van der Waals surface area contributed by atoms with Gasteiger partial charge in [0.1, 0.15) is 12.4 Å². The maximum Gasteiger partial charge on any atom is 0.242 e. The van der Waals surface area contributed by atoms with Crippen LogP contribution in [0, 0.1) is 5.82 Å². The highest BCUT2D eigenvalue weighted by atomic mass is 32.2. The molecule has 1 aliphatic rings. The second-order valence-electron chi connectivity index (χ2n) is 5.77. The van der Waals surface area contributed by atoms with Crippen LogP contribution in [-0.2, 0) is 16.1 Å². The van der Waals surface area contributed by atoms with Gasteiger partial charge in [0.15, 0.2) is 0 Å². The molecule has 4 nitrogen and oxygen atoms in total. The highest BCUT2D eigenvalue weighted by Crippen LogP contribution is 2.34. The summed E-state index contributed by atoms with van der Waals surface area (Å²) in [5.74, 6) is -0.209. The van der Waals surface area contributed by atoms with E-state index in [1.807, 2.05) is 31.2 Å². The molecule has 0 radical (unpaired) electrons. The first-order valence-corrected chi connectivity index (χ1v) is 9.11. The van der Waals surface area contributed by atoms with Crippen LogP contribution in [0.4, 0.5) is 10.1 Å². The van der Waals surface area contributed by atoms with Gasteiger partial charge in [0.05, 0.1) is 11.4 Å². The normalized spacial score (nSPS) is 13.5. The van der Waals surface area contributed by atoms with Crippen LogP contribution in [0.3, 0.4) is 0 Å². The van der Waals surface area contributed by atoms with Gasteiger partial charge in [0, 0.05) is 18.0 Å². The quantitative estimate of drug-likeness (QED) is 0.823. The first-order valence-electron chi connectivity index (χ1n) is 8.13. The zero-order chi connectivity index (χ0) is 17.8. The highest BCUT2D eigenvalue weighted by Gasteiger charge is 2.27. The molecule has 2 aromatic carbocycles. The molecule has 2 amide bonds. The van der Waals surface area contributed by atoms with Gasteiger partial charge in [-0.3, -0.25) is 9.59 Å². The summed E-state index contributed by atoms with van der Waals surface area (Å²) in [6.07, 6.45) is 0. The molecule has 0 fully saturated rings. The van der Waals surface area contributed by atoms with Gasteiger partial charge in [-0.05, 0) is 36.8 Å². The summed E-state index contributed by atoms with van der Waals surface area (Å²) in [6.45, 7) is 2.69.